The summed E-state index contributed by atoms with van der Waals surface area (Å²) in [6.45, 7) is 12.6. The van der Waals surface area contributed by atoms with Crippen molar-refractivity contribution < 1.29 is 14.6 Å². The number of rotatable bonds is 7. The first-order valence-corrected chi connectivity index (χ1v) is 12.3. The topological polar surface area (TPSA) is 38.7 Å². The van der Waals surface area contributed by atoms with Gasteiger partial charge < -0.3 is 14.6 Å². The van der Waals surface area contributed by atoms with Crippen LogP contribution in [0.3, 0.4) is 0 Å². The lowest BCUT2D eigenvalue weighted by Crippen LogP contribution is -2.31. The fourth-order valence-electron chi connectivity index (χ4n) is 2.23. The lowest BCUT2D eigenvalue weighted by atomic mass is 9.83. The molecule has 128 valence electrons. The Labute approximate surface area is 137 Å². The Morgan fingerprint density at radius 1 is 1.32 bits per heavy atom. The first-order chi connectivity index (χ1) is 10.2. The molecule has 22 heavy (non-hydrogen) atoms. The summed E-state index contributed by atoms with van der Waals surface area (Å²) < 4.78 is 11.3. The third kappa shape index (κ3) is 8.33. The molecule has 3 nitrogen and oxygen atoms in total. The molecule has 1 fully saturated rings. The lowest BCUT2D eigenvalue weighted by Gasteiger charge is -2.29. The first kappa shape index (κ1) is 19.7. The van der Waals surface area contributed by atoms with Crippen molar-refractivity contribution in [1.82, 2.24) is 0 Å². The Morgan fingerprint density at radius 3 is 2.64 bits per heavy atom. The molecule has 2 atom stereocenters. The van der Waals surface area contributed by atoms with Gasteiger partial charge in [0.25, 0.3) is 0 Å². The summed E-state index contributed by atoms with van der Waals surface area (Å²) in [5.74, 6) is 6.18. The highest BCUT2D eigenvalue weighted by atomic mass is 28.3. The van der Waals surface area contributed by atoms with E-state index in [1.54, 1.807) is 0 Å². The fraction of sp³-hybridized carbons (Fsp3) is 0.889. The van der Waals surface area contributed by atoms with Crippen LogP contribution in [0.1, 0.15) is 46.0 Å². The van der Waals surface area contributed by atoms with Crippen molar-refractivity contribution in [2.75, 3.05) is 13.2 Å². The minimum atomic E-state index is -1.03. The second kappa shape index (κ2) is 9.07. The SMILES string of the molecule is CC(C)(CCOC1CCCCO1)C(O)C#CCC[Si](C)(C)C. The van der Waals surface area contributed by atoms with Crippen LogP contribution in [-0.4, -0.2) is 38.8 Å². The molecule has 1 rings (SSSR count). The highest BCUT2D eigenvalue weighted by Crippen LogP contribution is 2.26. The van der Waals surface area contributed by atoms with Crippen molar-refractivity contribution in [2.45, 2.75) is 84.0 Å². The Kier molecular flexibility index (Phi) is 8.13. The van der Waals surface area contributed by atoms with Crippen LogP contribution in [-0.2, 0) is 9.47 Å². The quantitative estimate of drug-likeness (QED) is 0.567. The van der Waals surface area contributed by atoms with Gasteiger partial charge in [0, 0.05) is 26.5 Å². The van der Waals surface area contributed by atoms with Gasteiger partial charge in [-0.05, 0) is 31.7 Å². The Hall–Kier alpha value is -0.343. The molecule has 1 N–H and O–H groups in total. The zero-order valence-electron chi connectivity index (χ0n) is 15.1. The molecule has 0 amide bonds. The zero-order valence-corrected chi connectivity index (χ0v) is 16.1. The highest BCUT2D eigenvalue weighted by Gasteiger charge is 2.27. The van der Waals surface area contributed by atoms with Crippen molar-refractivity contribution >= 4 is 8.07 Å². The average molecular weight is 327 g/mol. The maximum atomic E-state index is 10.3. The molecular weight excluding hydrogens is 292 g/mol. The maximum Gasteiger partial charge on any atom is 0.157 e. The Balaban J connectivity index is 2.29. The van der Waals surface area contributed by atoms with Crippen LogP contribution in [0.25, 0.3) is 0 Å². The normalized spacial score (nSPS) is 21.1. The second-order valence-corrected chi connectivity index (χ2v) is 13.8. The minimum Gasteiger partial charge on any atom is -0.380 e. The molecule has 0 aromatic rings. The minimum absolute atomic E-state index is 0.0514. The van der Waals surface area contributed by atoms with Gasteiger partial charge in [-0.3, -0.25) is 0 Å². The average Bonchev–Trinajstić information content (AvgIpc) is 2.43. The molecule has 1 aliphatic heterocycles. The van der Waals surface area contributed by atoms with Gasteiger partial charge in [-0.1, -0.05) is 39.4 Å². The summed E-state index contributed by atoms with van der Waals surface area (Å²) in [7, 11) is -1.03. The monoisotopic (exact) mass is 326 g/mol. The van der Waals surface area contributed by atoms with E-state index in [4.69, 9.17) is 9.47 Å². The number of aliphatic hydroxyl groups is 1. The van der Waals surface area contributed by atoms with E-state index < -0.39 is 14.2 Å². The van der Waals surface area contributed by atoms with Gasteiger partial charge >= 0.3 is 0 Å². The van der Waals surface area contributed by atoms with E-state index >= 15 is 0 Å². The molecule has 0 aromatic carbocycles. The summed E-state index contributed by atoms with van der Waals surface area (Å²) in [4.78, 5) is 0. The predicted octanol–water partition coefficient (Wildman–Crippen LogP) is 4.04. The van der Waals surface area contributed by atoms with Gasteiger partial charge in [0.15, 0.2) is 6.29 Å². The molecular formula is C18H34O3Si. The van der Waals surface area contributed by atoms with Gasteiger partial charge in [-0.2, -0.15) is 0 Å². The number of ether oxygens (including phenoxy) is 2. The molecule has 0 saturated carbocycles. The van der Waals surface area contributed by atoms with Crippen molar-refractivity contribution in [3.63, 3.8) is 0 Å². The van der Waals surface area contributed by atoms with Crippen LogP contribution in [0.4, 0.5) is 0 Å². The van der Waals surface area contributed by atoms with Crippen molar-refractivity contribution in [3.05, 3.63) is 0 Å². The van der Waals surface area contributed by atoms with Crippen LogP contribution < -0.4 is 0 Å². The molecule has 1 aliphatic rings. The first-order valence-electron chi connectivity index (χ1n) is 8.60. The summed E-state index contributed by atoms with van der Waals surface area (Å²) >= 11 is 0. The van der Waals surface area contributed by atoms with E-state index in [1.807, 2.05) is 0 Å². The van der Waals surface area contributed by atoms with Crippen LogP contribution >= 0.6 is 0 Å². The smallest absolute Gasteiger partial charge is 0.157 e. The molecule has 1 saturated heterocycles. The lowest BCUT2D eigenvalue weighted by molar-refractivity contribution is -0.167. The van der Waals surface area contributed by atoms with E-state index in [-0.39, 0.29) is 11.7 Å². The number of hydrogen-bond acceptors (Lipinski definition) is 3. The van der Waals surface area contributed by atoms with E-state index in [0.717, 1.165) is 32.3 Å². The van der Waals surface area contributed by atoms with Crippen molar-refractivity contribution in [3.8, 4) is 11.8 Å². The molecule has 0 aliphatic carbocycles. The van der Waals surface area contributed by atoms with Crippen LogP contribution in [0.15, 0.2) is 0 Å². The molecule has 0 aromatic heterocycles. The summed E-state index contributed by atoms with van der Waals surface area (Å²) in [6, 6.07) is 1.19. The molecule has 1 heterocycles. The van der Waals surface area contributed by atoms with Crippen LogP contribution in [0, 0.1) is 17.3 Å². The Bertz CT molecular complexity index is 370. The van der Waals surface area contributed by atoms with Gasteiger partial charge in [-0.25, -0.2) is 0 Å². The standard InChI is InChI=1S/C18H34O3Si/c1-18(2,12-14-21-17-11-6-8-13-20-17)16(19)10-7-9-15-22(3,4)5/h16-17,19H,6,8-9,11-15H2,1-5H3. The second-order valence-electron chi connectivity index (χ2n) is 8.19. The van der Waals surface area contributed by atoms with Gasteiger partial charge in [0.2, 0.25) is 0 Å². The third-order valence-corrected chi connectivity index (χ3v) is 5.92. The van der Waals surface area contributed by atoms with E-state index in [1.165, 1.54) is 12.5 Å². The van der Waals surface area contributed by atoms with Crippen molar-refractivity contribution in [1.29, 1.82) is 0 Å². The molecule has 0 radical (unpaired) electrons. The zero-order chi connectivity index (χ0) is 16.6. The van der Waals surface area contributed by atoms with Gasteiger partial charge in [0.1, 0.15) is 6.10 Å². The summed E-state index contributed by atoms with van der Waals surface area (Å²) in [5.41, 5.74) is -0.249. The predicted molar refractivity (Wildman–Crippen MR) is 94.5 cm³/mol. The largest absolute Gasteiger partial charge is 0.380 e. The molecule has 4 heteroatoms. The molecule has 0 bridgehead atoms. The summed E-state index contributed by atoms with van der Waals surface area (Å²) in [5, 5.41) is 10.3. The summed E-state index contributed by atoms with van der Waals surface area (Å²) in [6.07, 6.45) is 4.34. The van der Waals surface area contributed by atoms with Crippen molar-refractivity contribution in [2.24, 2.45) is 5.41 Å². The fourth-order valence-corrected chi connectivity index (χ4v) is 3.11. The number of hydrogen-bond donors (Lipinski definition) is 1. The van der Waals surface area contributed by atoms with Crippen LogP contribution in [0.2, 0.25) is 25.7 Å². The van der Waals surface area contributed by atoms with Gasteiger partial charge in [0.05, 0.1) is 6.61 Å². The van der Waals surface area contributed by atoms with E-state index in [9.17, 15) is 5.11 Å². The molecule has 2 unspecified atom stereocenters. The van der Waals surface area contributed by atoms with Gasteiger partial charge in [-0.15, -0.1) is 5.92 Å². The van der Waals surface area contributed by atoms with Crippen LogP contribution in [0.5, 0.6) is 0 Å². The van der Waals surface area contributed by atoms with E-state index in [2.05, 4.69) is 45.3 Å². The Morgan fingerprint density at radius 2 is 2.05 bits per heavy atom. The molecule has 0 spiro atoms. The third-order valence-electron chi connectivity index (χ3n) is 4.17. The number of aliphatic hydroxyl groups excluding tert-OH is 1. The highest BCUT2D eigenvalue weighted by molar-refractivity contribution is 6.76. The van der Waals surface area contributed by atoms with E-state index in [0.29, 0.717) is 6.61 Å². The maximum absolute atomic E-state index is 10.3.